The Balaban J connectivity index is 1.34. The highest BCUT2D eigenvalue weighted by atomic mass is 16.5. The third-order valence-electron chi connectivity index (χ3n) is 4.82. The van der Waals surface area contributed by atoms with Crippen molar-refractivity contribution in [1.82, 2.24) is 5.16 Å². The Bertz CT molecular complexity index is 998. The predicted octanol–water partition coefficient (Wildman–Crippen LogP) is 3.45. The molecule has 4 rings (SSSR count). The maximum Gasteiger partial charge on any atom is 0.311 e. The number of amides is 1. The standard InChI is InChI=1S/C22H20N2O5/c1-27-19-9-7-15(8-10-19)20-12-17(23-29-20)14-28-22(26)16-11-21(25)24(13-16)18-5-3-2-4-6-18/h2-10,12,16H,11,13-14H2,1H3. The van der Waals surface area contributed by atoms with Gasteiger partial charge in [-0.1, -0.05) is 23.4 Å². The van der Waals surface area contributed by atoms with Crippen LogP contribution < -0.4 is 9.64 Å². The molecule has 1 atom stereocenters. The van der Waals surface area contributed by atoms with Crippen LogP contribution in [0.1, 0.15) is 12.1 Å². The van der Waals surface area contributed by atoms with Crippen molar-refractivity contribution in [2.24, 2.45) is 5.92 Å². The molecule has 7 heteroatoms. The lowest BCUT2D eigenvalue weighted by Gasteiger charge is -2.16. The first-order valence-corrected chi connectivity index (χ1v) is 9.26. The van der Waals surface area contributed by atoms with E-state index in [4.69, 9.17) is 14.0 Å². The van der Waals surface area contributed by atoms with Crippen molar-refractivity contribution in [3.63, 3.8) is 0 Å². The van der Waals surface area contributed by atoms with E-state index in [9.17, 15) is 9.59 Å². The van der Waals surface area contributed by atoms with Crippen molar-refractivity contribution in [2.75, 3.05) is 18.6 Å². The molecule has 0 saturated carbocycles. The fraction of sp³-hybridized carbons (Fsp3) is 0.227. The van der Waals surface area contributed by atoms with E-state index >= 15 is 0 Å². The third-order valence-corrected chi connectivity index (χ3v) is 4.82. The van der Waals surface area contributed by atoms with Gasteiger partial charge in [-0.25, -0.2) is 0 Å². The Kier molecular flexibility index (Phi) is 5.29. The van der Waals surface area contributed by atoms with E-state index in [0.29, 0.717) is 18.0 Å². The lowest BCUT2D eigenvalue weighted by atomic mass is 10.1. The minimum atomic E-state index is -0.490. The van der Waals surface area contributed by atoms with Crippen molar-refractivity contribution in [3.8, 4) is 17.1 Å². The van der Waals surface area contributed by atoms with E-state index in [1.165, 1.54) is 0 Å². The number of nitrogens with zero attached hydrogens (tertiary/aromatic N) is 2. The van der Waals surface area contributed by atoms with Crippen LogP contribution in [0.5, 0.6) is 5.75 Å². The zero-order valence-corrected chi connectivity index (χ0v) is 15.9. The normalized spacial score (nSPS) is 16.1. The molecule has 2 heterocycles. The summed E-state index contributed by atoms with van der Waals surface area (Å²) >= 11 is 0. The number of anilines is 1. The second-order valence-electron chi connectivity index (χ2n) is 6.76. The molecule has 3 aromatic rings. The minimum Gasteiger partial charge on any atom is -0.497 e. The summed E-state index contributed by atoms with van der Waals surface area (Å²) in [5.74, 6) is 0.339. The van der Waals surface area contributed by atoms with Gasteiger partial charge in [-0.2, -0.15) is 0 Å². The van der Waals surface area contributed by atoms with Crippen LogP contribution in [0, 0.1) is 5.92 Å². The van der Waals surface area contributed by atoms with Crippen molar-refractivity contribution < 1.29 is 23.6 Å². The number of methoxy groups -OCH3 is 1. The van der Waals surface area contributed by atoms with Gasteiger partial charge in [-0.05, 0) is 36.4 Å². The molecule has 1 saturated heterocycles. The van der Waals surface area contributed by atoms with Gasteiger partial charge in [-0.3, -0.25) is 9.59 Å². The quantitative estimate of drug-likeness (QED) is 0.598. The number of aromatic nitrogens is 1. The molecule has 0 spiro atoms. The number of esters is 1. The zero-order valence-electron chi connectivity index (χ0n) is 15.9. The van der Waals surface area contributed by atoms with Crippen LogP contribution in [0.15, 0.2) is 65.2 Å². The Morgan fingerprint density at radius 1 is 1.17 bits per heavy atom. The summed E-state index contributed by atoms with van der Waals surface area (Å²) < 4.78 is 15.8. The monoisotopic (exact) mass is 392 g/mol. The molecule has 148 valence electrons. The number of hydrogen-bond donors (Lipinski definition) is 0. The molecule has 2 aromatic carbocycles. The summed E-state index contributed by atoms with van der Waals surface area (Å²) in [6, 6.07) is 18.4. The number of rotatable bonds is 6. The molecule has 0 radical (unpaired) electrons. The maximum atomic E-state index is 12.4. The van der Waals surface area contributed by atoms with E-state index in [1.807, 2.05) is 54.6 Å². The van der Waals surface area contributed by atoms with Crippen molar-refractivity contribution in [2.45, 2.75) is 13.0 Å². The van der Waals surface area contributed by atoms with Crippen LogP contribution in [0.4, 0.5) is 5.69 Å². The SMILES string of the molecule is COc1ccc(-c2cc(COC(=O)C3CC(=O)N(c4ccccc4)C3)no2)cc1. The molecule has 1 aliphatic heterocycles. The van der Waals surface area contributed by atoms with Gasteiger partial charge in [0.05, 0.1) is 13.0 Å². The molecular formula is C22H20N2O5. The van der Waals surface area contributed by atoms with E-state index in [0.717, 1.165) is 17.0 Å². The third kappa shape index (κ3) is 4.13. The van der Waals surface area contributed by atoms with E-state index in [-0.39, 0.29) is 18.9 Å². The van der Waals surface area contributed by atoms with Crippen molar-refractivity contribution in [3.05, 3.63) is 66.4 Å². The maximum absolute atomic E-state index is 12.4. The van der Waals surface area contributed by atoms with Crippen molar-refractivity contribution >= 4 is 17.6 Å². The van der Waals surface area contributed by atoms with Crippen LogP contribution >= 0.6 is 0 Å². The zero-order chi connectivity index (χ0) is 20.2. The minimum absolute atomic E-state index is 0.00544. The molecule has 0 bridgehead atoms. The smallest absolute Gasteiger partial charge is 0.311 e. The number of carbonyl (C=O) groups is 2. The van der Waals surface area contributed by atoms with Crippen LogP contribution in [0.2, 0.25) is 0 Å². The fourth-order valence-corrected chi connectivity index (χ4v) is 3.26. The van der Waals surface area contributed by atoms with Gasteiger partial charge in [0.15, 0.2) is 5.76 Å². The Morgan fingerprint density at radius 3 is 2.66 bits per heavy atom. The number of hydrogen-bond acceptors (Lipinski definition) is 6. The van der Waals surface area contributed by atoms with Gasteiger partial charge >= 0.3 is 5.97 Å². The summed E-state index contributed by atoms with van der Waals surface area (Å²) in [6.45, 7) is 0.312. The van der Waals surface area contributed by atoms with Crippen molar-refractivity contribution in [1.29, 1.82) is 0 Å². The molecule has 1 amide bonds. The van der Waals surface area contributed by atoms with Crippen LogP contribution in [-0.2, 0) is 20.9 Å². The second-order valence-corrected chi connectivity index (χ2v) is 6.76. The van der Waals surface area contributed by atoms with Gasteiger partial charge in [0.25, 0.3) is 0 Å². The highest BCUT2D eigenvalue weighted by Gasteiger charge is 2.36. The molecule has 0 N–H and O–H groups in total. The molecule has 1 unspecified atom stereocenters. The van der Waals surface area contributed by atoms with Crippen LogP contribution in [-0.4, -0.2) is 30.7 Å². The van der Waals surface area contributed by atoms with Crippen LogP contribution in [0.3, 0.4) is 0 Å². The Hall–Kier alpha value is -3.61. The molecule has 1 aromatic heterocycles. The molecule has 1 aliphatic rings. The lowest BCUT2D eigenvalue weighted by Crippen LogP contribution is -2.26. The first kappa shape index (κ1) is 18.7. The van der Waals surface area contributed by atoms with E-state index in [2.05, 4.69) is 5.16 Å². The number of ether oxygens (including phenoxy) is 2. The van der Waals surface area contributed by atoms with Gasteiger partial charge in [-0.15, -0.1) is 0 Å². The lowest BCUT2D eigenvalue weighted by molar-refractivity contribution is -0.149. The average Bonchev–Trinajstić information content (AvgIpc) is 3.39. The first-order chi connectivity index (χ1) is 14.1. The molecule has 0 aliphatic carbocycles. The number of benzene rings is 2. The highest BCUT2D eigenvalue weighted by Crippen LogP contribution is 2.26. The summed E-state index contributed by atoms with van der Waals surface area (Å²) in [5.41, 5.74) is 2.14. The molecule has 1 fully saturated rings. The van der Waals surface area contributed by atoms with E-state index in [1.54, 1.807) is 18.1 Å². The van der Waals surface area contributed by atoms with Gasteiger partial charge < -0.3 is 18.9 Å². The van der Waals surface area contributed by atoms with Gasteiger partial charge in [0.1, 0.15) is 18.1 Å². The van der Waals surface area contributed by atoms with E-state index < -0.39 is 11.9 Å². The summed E-state index contributed by atoms with van der Waals surface area (Å²) in [6.07, 6.45) is 0.143. The fourth-order valence-electron chi connectivity index (χ4n) is 3.26. The molecule has 7 nitrogen and oxygen atoms in total. The van der Waals surface area contributed by atoms with Gasteiger partial charge in [0.2, 0.25) is 5.91 Å². The Labute approximate surface area is 167 Å². The largest absolute Gasteiger partial charge is 0.497 e. The number of carbonyl (C=O) groups excluding carboxylic acids is 2. The average molecular weight is 392 g/mol. The summed E-state index contributed by atoms with van der Waals surface area (Å²) in [7, 11) is 1.60. The topological polar surface area (TPSA) is 81.9 Å². The second kappa shape index (κ2) is 8.18. The highest BCUT2D eigenvalue weighted by molar-refractivity contribution is 5.99. The van der Waals surface area contributed by atoms with Crippen LogP contribution in [0.25, 0.3) is 11.3 Å². The molecule has 29 heavy (non-hydrogen) atoms. The predicted molar refractivity (Wildman–Crippen MR) is 105 cm³/mol. The number of para-hydroxylation sites is 1. The Morgan fingerprint density at radius 2 is 1.93 bits per heavy atom. The molecular weight excluding hydrogens is 372 g/mol. The first-order valence-electron chi connectivity index (χ1n) is 9.26. The summed E-state index contributed by atoms with van der Waals surface area (Å²) in [5, 5.41) is 3.95. The van der Waals surface area contributed by atoms with Gasteiger partial charge in [0, 0.05) is 30.3 Å². The summed E-state index contributed by atoms with van der Waals surface area (Å²) in [4.78, 5) is 26.3.